The minimum atomic E-state index is -3.86. The first-order valence-corrected chi connectivity index (χ1v) is 12.2. The van der Waals surface area contributed by atoms with Gasteiger partial charge in [-0.1, -0.05) is 24.2 Å². The Morgan fingerprint density at radius 1 is 1.15 bits per heavy atom. The van der Waals surface area contributed by atoms with Crippen LogP contribution in [-0.2, 0) is 27.8 Å². The van der Waals surface area contributed by atoms with Gasteiger partial charge in [0, 0.05) is 19.0 Å². The summed E-state index contributed by atoms with van der Waals surface area (Å²) in [6.07, 6.45) is 0.593. The molecule has 0 fully saturated rings. The van der Waals surface area contributed by atoms with Crippen LogP contribution < -0.4 is 13.9 Å². The number of benzene rings is 2. The van der Waals surface area contributed by atoms with Gasteiger partial charge < -0.3 is 9.26 Å². The Labute approximate surface area is 193 Å². The molecule has 0 atom stereocenters. The van der Waals surface area contributed by atoms with Crippen molar-refractivity contribution < 1.29 is 22.5 Å². The molecular weight excluding hydrogens is 444 g/mol. The number of sulfonamides is 1. The first-order valence-electron chi connectivity index (χ1n) is 10.7. The number of hydrogen-bond acceptors (Lipinski definition) is 7. The fraction of sp³-hybridized carbons (Fsp3) is 0.348. The van der Waals surface area contributed by atoms with E-state index in [2.05, 4.69) is 10.1 Å². The summed E-state index contributed by atoms with van der Waals surface area (Å²) < 4.78 is 39.4. The highest BCUT2D eigenvalue weighted by atomic mass is 32.2. The second-order valence-corrected chi connectivity index (χ2v) is 9.65. The lowest BCUT2D eigenvalue weighted by Gasteiger charge is -2.30. The molecule has 0 saturated heterocycles. The number of nitrogens with zero attached hydrogens (tertiary/aromatic N) is 4. The summed E-state index contributed by atoms with van der Waals surface area (Å²) in [6.45, 7) is 7.48. The molecule has 9 nitrogen and oxygen atoms in total. The first-order chi connectivity index (χ1) is 15.7. The molecule has 0 bridgehead atoms. The van der Waals surface area contributed by atoms with Crippen LogP contribution in [0.4, 0.5) is 11.4 Å². The van der Waals surface area contributed by atoms with Crippen molar-refractivity contribution in [1.29, 1.82) is 0 Å². The second-order valence-electron chi connectivity index (χ2n) is 7.82. The number of carbonyl (C=O) groups excluding carboxylic acids is 1. The molecule has 2 aromatic carbocycles. The number of amides is 1. The highest BCUT2D eigenvalue weighted by Crippen LogP contribution is 2.38. The van der Waals surface area contributed by atoms with Crippen LogP contribution in [0.2, 0.25) is 0 Å². The Morgan fingerprint density at radius 3 is 2.61 bits per heavy atom. The summed E-state index contributed by atoms with van der Waals surface area (Å²) in [5.41, 5.74) is 2.54. The third-order valence-corrected chi connectivity index (χ3v) is 7.50. The van der Waals surface area contributed by atoms with Gasteiger partial charge in [-0.05, 0) is 50.1 Å². The standard InChI is InChI=1S/C23H26N4O5S/c1-5-22-24-21(25-32-22)13-26-18-11-16(4)20(12-19(18)31-14-23(26)28)33(29,30)27(6-2)17-9-7-8-15(3)10-17/h7-12H,5-6,13-14H2,1-4H3. The smallest absolute Gasteiger partial charge is 0.265 e. The molecule has 0 N–H and O–H groups in total. The van der Waals surface area contributed by atoms with E-state index < -0.39 is 10.0 Å². The molecule has 0 unspecified atom stereocenters. The molecule has 0 aliphatic carbocycles. The van der Waals surface area contributed by atoms with Crippen LogP contribution in [0.5, 0.6) is 5.75 Å². The average molecular weight is 471 g/mol. The average Bonchev–Trinajstić information content (AvgIpc) is 3.23. The number of aromatic nitrogens is 2. The molecule has 33 heavy (non-hydrogen) atoms. The maximum absolute atomic E-state index is 13.6. The summed E-state index contributed by atoms with van der Waals surface area (Å²) >= 11 is 0. The Morgan fingerprint density at radius 2 is 1.94 bits per heavy atom. The summed E-state index contributed by atoms with van der Waals surface area (Å²) in [4.78, 5) is 18.5. The Balaban J connectivity index is 1.73. The lowest BCUT2D eigenvalue weighted by molar-refractivity contribution is -0.121. The third-order valence-electron chi connectivity index (χ3n) is 5.46. The van der Waals surface area contributed by atoms with Crippen molar-refractivity contribution in [2.75, 3.05) is 22.4 Å². The van der Waals surface area contributed by atoms with Gasteiger partial charge in [0.2, 0.25) is 5.89 Å². The van der Waals surface area contributed by atoms with E-state index in [1.54, 1.807) is 26.0 Å². The van der Waals surface area contributed by atoms with Gasteiger partial charge in [0.1, 0.15) is 5.75 Å². The SMILES string of the molecule is CCc1nc(CN2C(=O)COc3cc(S(=O)(=O)N(CC)c4cccc(C)c4)c(C)cc32)no1. The largest absolute Gasteiger partial charge is 0.482 e. The molecule has 1 aliphatic rings. The summed E-state index contributed by atoms with van der Waals surface area (Å²) in [5.74, 6) is 0.909. The van der Waals surface area contributed by atoms with E-state index >= 15 is 0 Å². The second kappa shape index (κ2) is 8.86. The van der Waals surface area contributed by atoms with Crippen LogP contribution in [0.3, 0.4) is 0 Å². The van der Waals surface area contributed by atoms with Crippen LogP contribution in [0.1, 0.15) is 36.7 Å². The monoisotopic (exact) mass is 470 g/mol. The number of aryl methyl sites for hydroxylation is 3. The van der Waals surface area contributed by atoms with E-state index in [1.165, 1.54) is 15.3 Å². The molecule has 1 amide bonds. The van der Waals surface area contributed by atoms with Gasteiger partial charge >= 0.3 is 0 Å². The van der Waals surface area contributed by atoms with Crippen LogP contribution in [0, 0.1) is 13.8 Å². The minimum Gasteiger partial charge on any atom is -0.482 e. The predicted molar refractivity (Wildman–Crippen MR) is 123 cm³/mol. The Kier molecular flexibility index (Phi) is 6.11. The lowest BCUT2D eigenvalue weighted by Crippen LogP contribution is -2.39. The van der Waals surface area contributed by atoms with Gasteiger partial charge in [-0.3, -0.25) is 14.0 Å². The van der Waals surface area contributed by atoms with Crippen LogP contribution in [-0.4, -0.2) is 37.6 Å². The quantitative estimate of drug-likeness (QED) is 0.521. The minimum absolute atomic E-state index is 0.106. The maximum atomic E-state index is 13.6. The lowest BCUT2D eigenvalue weighted by atomic mass is 10.1. The number of rotatable bonds is 7. The molecule has 10 heteroatoms. The number of ether oxygens (including phenoxy) is 1. The van der Waals surface area contributed by atoms with Gasteiger partial charge in [-0.25, -0.2) is 8.42 Å². The van der Waals surface area contributed by atoms with Crippen molar-refractivity contribution in [3.05, 3.63) is 59.2 Å². The molecule has 3 aromatic rings. The van der Waals surface area contributed by atoms with E-state index in [1.807, 2.05) is 32.0 Å². The topological polar surface area (TPSA) is 106 Å². The summed E-state index contributed by atoms with van der Waals surface area (Å²) in [5, 5.41) is 3.92. The predicted octanol–water partition coefficient (Wildman–Crippen LogP) is 3.39. The van der Waals surface area contributed by atoms with Crippen molar-refractivity contribution in [3.8, 4) is 5.75 Å². The number of hydrogen-bond donors (Lipinski definition) is 0. The van der Waals surface area contributed by atoms with E-state index in [4.69, 9.17) is 9.26 Å². The zero-order chi connectivity index (χ0) is 23.8. The first kappa shape index (κ1) is 22.8. The number of carbonyl (C=O) groups is 1. The Bertz CT molecular complexity index is 1300. The van der Waals surface area contributed by atoms with Gasteiger partial charge in [-0.2, -0.15) is 4.98 Å². The van der Waals surface area contributed by atoms with Crippen LogP contribution in [0.15, 0.2) is 45.8 Å². The molecule has 0 spiro atoms. The molecule has 0 saturated carbocycles. The highest BCUT2D eigenvalue weighted by Gasteiger charge is 2.32. The summed E-state index contributed by atoms with van der Waals surface area (Å²) in [7, 11) is -3.86. The van der Waals surface area contributed by atoms with Gasteiger partial charge in [0.05, 0.1) is 22.8 Å². The van der Waals surface area contributed by atoms with Crippen molar-refractivity contribution in [3.63, 3.8) is 0 Å². The maximum Gasteiger partial charge on any atom is 0.265 e. The van der Waals surface area contributed by atoms with Crippen molar-refractivity contribution >= 4 is 27.3 Å². The highest BCUT2D eigenvalue weighted by molar-refractivity contribution is 7.92. The van der Waals surface area contributed by atoms with Gasteiger partial charge in [-0.15, -0.1) is 0 Å². The van der Waals surface area contributed by atoms with E-state index in [0.29, 0.717) is 40.8 Å². The normalized spacial score (nSPS) is 13.6. The fourth-order valence-corrected chi connectivity index (χ4v) is 5.51. The van der Waals surface area contributed by atoms with Crippen LogP contribution in [0.25, 0.3) is 0 Å². The zero-order valence-corrected chi connectivity index (χ0v) is 19.8. The molecule has 1 aliphatic heterocycles. The molecular formula is C23H26N4O5S. The van der Waals surface area contributed by atoms with Crippen molar-refractivity contribution in [2.45, 2.75) is 45.6 Å². The summed E-state index contributed by atoms with van der Waals surface area (Å²) in [6, 6.07) is 10.5. The van der Waals surface area contributed by atoms with E-state index in [-0.39, 0.29) is 30.5 Å². The Hall–Kier alpha value is -3.40. The van der Waals surface area contributed by atoms with E-state index in [9.17, 15) is 13.2 Å². The molecule has 0 radical (unpaired) electrons. The molecule has 1 aromatic heterocycles. The van der Waals surface area contributed by atoms with Gasteiger partial charge in [0.25, 0.3) is 15.9 Å². The van der Waals surface area contributed by atoms with Crippen LogP contribution >= 0.6 is 0 Å². The molecule has 2 heterocycles. The van der Waals surface area contributed by atoms with Crippen molar-refractivity contribution in [2.24, 2.45) is 0 Å². The van der Waals surface area contributed by atoms with Crippen molar-refractivity contribution in [1.82, 2.24) is 10.1 Å². The molecule has 174 valence electrons. The zero-order valence-electron chi connectivity index (χ0n) is 19.0. The third kappa shape index (κ3) is 4.30. The number of fused-ring (bicyclic) bond motifs is 1. The fourth-order valence-electron chi connectivity index (χ4n) is 3.82. The van der Waals surface area contributed by atoms with Gasteiger partial charge in [0.15, 0.2) is 12.4 Å². The molecule has 4 rings (SSSR count). The number of anilines is 2. The van der Waals surface area contributed by atoms with E-state index in [0.717, 1.165) is 5.56 Å².